The maximum absolute atomic E-state index is 13.5. The molecule has 3 aromatic carbocycles. The van der Waals surface area contributed by atoms with E-state index in [-0.39, 0.29) is 4.90 Å². The monoisotopic (exact) mass is 481 g/mol. The van der Waals surface area contributed by atoms with Gasteiger partial charge < -0.3 is 0 Å². The number of hydrazone groups is 1. The summed E-state index contributed by atoms with van der Waals surface area (Å²) in [5.74, 6) is -0.540. The molecule has 0 saturated carbocycles. The van der Waals surface area contributed by atoms with E-state index in [0.717, 1.165) is 31.5 Å². The predicted octanol–water partition coefficient (Wildman–Crippen LogP) is 4.68. The second kappa shape index (κ2) is 10.7. The minimum atomic E-state index is -3.97. The lowest BCUT2D eigenvalue weighted by Crippen LogP contribution is -2.39. The van der Waals surface area contributed by atoms with Crippen LogP contribution in [0.2, 0.25) is 0 Å². The summed E-state index contributed by atoms with van der Waals surface area (Å²) in [5, 5.41) is 3.99. The van der Waals surface area contributed by atoms with Crippen molar-refractivity contribution in [3.63, 3.8) is 0 Å². The van der Waals surface area contributed by atoms with Crippen LogP contribution in [0.15, 0.2) is 81.6 Å². The second-order valence-corrected chi connectivity index (χ2v) is 10.5. The van der Waals surface area contributed by atoms with Crippen LogP contribution in [0, 0.1) is 20.8 Å². The first kappa shape index (κ1) is 24.5. The molecule has 0 atom stereocenters. The summed E-state index contributed by atoms with van der Waals surface area (Å²) in [6, 6.07) is 19.7. The molecule has 0 saturated heterocycles. The van der Waals surface area contributed by atoms with E-state index in [1.54, 1.807) is 48.2 Å². The van der Waals surface area contributed by atoms with Crippen molar-refractivity contribution in [2.24, 2.45) is 5.10 Å². The van der Waals surface area contributed by atoms with Gasteiger partial charge >= 0.3 is 0 Å². The number of benzene rings is 3. The zero-order valence-electron chi connectivity index (χ0n) is 19.1. The van der Waals surface area contributed by atoms with Crippen LogP contribution in [-0.4, -0.2) is 33.3 Å². The molecule has 0 aliphatic rings. The molecule has 1 N–H and O–H groups in total. The van der Waals surface area contributed by atoms with Gasteiger partial charge in [0.2, 0.25) is 0 Å². The van der Waals surface area contributed by atoms with Crippen molar-refractivity contribution >= 4 is 39.6 Å². The highest BCUT2D eigenvalue weighted by Gasteiger charge is 2.27. The summed E-state index contributed by atoms with van der Waals surface area (Å²) in [7, 11) is -3.97. The van der Waals surface area contributed by atoms with Crippen LogP contribution in [0.3, 0.4) is 0 Å². The molecule has 1 amide bonds. The highest BCUT2D eigenvalue weighted by molar-refractivity contribution is 7.98. The third kappa shape index (κ3) is 6.46. The number of nitrogens with one attached hydrogen (secondary N) is 1. The van der Waals surface area contributed by atoms with Crippen LogP contribution in [-0.2, 0) is 14.8 Å². The Balaban J connectivity index is 1.85. The van der Waals surface area contributed by atoms with Crippen molar-refractivity contribution in [2.75, 3.05) is 17.1 Å². The average molecular weight is 482 g/mol. The van der Waals surface area contributed by atoms with Crippen molar-refractivity contribution in [1.82, 2.24) is 5.43 Å². The Bertz CT molecular complexity index is 1230. The lowest BCUT2D eigenvalue weighted by Gasteiger charge is -2.24. The van der Waals surface area contributed by atoms with Gasteiger partial charge in [0.15, 0.2) is 0 Å². The van der Waals surface area contributed by atoms with Gasteiger partial charge in [0.1, 0.15) is 6.54 Å². The highest BCUT2D eigenvalue weighted by atomic mass is 32.2. The lowest BCUT2D eigenvalue weighted by atomic mass is 10.1. The van der Waals surface area contributed by atoms with Crippen LogP contribution in [0.25, 0.3) is 0 Å². The van der Waals surface area contributed by atoms with E-state index >= 15 is 0 Å². The number of aryl methyl sites for hydroxylation is 3. The molecule has 172 valence electrons. The SMILES string of the molecule is CSc1ccc(/C=N\NC(=O)CN(c2cc(C)cc(C)c2)S(=O)(=O)c2ccc(C)cc2)cc1. The molecular formula is C25H27N3O3S2. The minimum Gasteiger partial charge on any atom is -0.271 e. The minimum absolute atomic E-state index is 0.123. The van der Waals surface area contributed by atoms with Crippen LogP contribution in [0.4, 0.5) is 5.69 Å². The van der Waals surface area contributed by atoms with Gasteiger partial charge in [0.05, 0.1) is 16.8 Å². The van der Waals surface area contributed by atoms with E-state index in [1.165, 1.54) is 6.21 Å². The first-order valence-electron chi connectivity index (χ1n) is 10.3. The third-order valence-electron chi connectivity index (χ3n) is 4.91. The number of thioether (sulfide) groups is 1. The number of carbonyl (C=O) groups is 1. The van der Waals surface area contributed by atoms with Crippen LogP contribution in [0.1, 0.15) is 22.3 Å². The van der Waals surface area contributed by atoms with Gasteiger partial charge in [0.25, 0.3) is 15.9 Å². The number of sulfonamides is 1. The number of nitrogens with zero attached hydrogens (tertiary/aromatic N) is 2. The Morgan fingerprint density at radius 3 is 2.12 bits per heavy atom. The molecule has 8 heteroatoms. The maximum Gasteiger partial charge on any atom is 0.264 e. The summed E-state index contributed by atoms with van der Waals surface area (Å²) >= 11 is 1.64. The third-order valence-corrected chi connectivity index (χ3v) is 7.44. The van der Waals surface area contributed by atoms with Gasteiger partial charge in [0, 0.05) is 4.90 Å². The van der Waals surface area contributed by atoms with E-state index in [0.29, 0.717) is 5.69 Å². The van der Waals surface area contributed by atoms with E-state index in [4.69, 9.17) is 0 Å². The van der Waals surface area contributed by atoms with Gasteiger partial charge in [-0.15, -0.1) is 11.8 Å². The fraction of sp³-hybridized carbons (Fsp3) is 0.200. The number of hydrogen-bond donors (Lipinski definition) is 1. The van der Waals surface area contributed by atoms with Crippen LogP contribution < -0.4 is 9.73 Å². The largest absolute Gasteiger partial charge is 0.271 e. The molecule has 0 radical (unpaired) electrons. The number of amides is 1. The Morgan fingerprint density at radius 2 is 1.55 bits per heavy atom. The zero-order chi connectivity index (χ0) is 24.0. The summed E-state index contributed by atoms with van der Waals surface area (Å²) in [6.07, 6.45) is 3.52. The highest BCUT2D eigenvalue weighted by Crippen LogP contribution is 2.26. The van der Waals surface area contributed by atoms with Crippen molar-refractivity contribution < 1.29 is 13.2 Å². The Kier molecular flexibility index (Phi) is 7.94. The first-order chi connectivity index (χ1) is 15.7. The molecule has 3 aromatic rings. The van der Waals surface area contributed by atoms with E-state index in [9.17, 15) is 13.2 Å². The van der Waals surface area contributed by atoms with E-state index in [2.05, 4.69) is 10.5 Å². The lowest BCUT2D eigenvalue weighted by molar-refractivity contribution is -0.119. The van der Waals surface area contributed by atoms with Crippen LogP contribution >= 0.6 is 11.8 Å². The van der Waals surface area contributed by atoms with Crippen LogP contribution in [0.5, 0.6) is 0 Å². The fourth-order valence-corrected chi connectivity index (χ4v) is 5.09. The molecule has 0 heterocycles. The second-order valence-electron chi connectivity index (χ2n) is 7.74. The van der Waals surface area contributed by atoms with Crippen molar-refractivity contribution in [3.8, 4) is 0 Å². The quantitative estimate of drug-likeness (QED) is 0.288. The zero-order valence-corrected chi connectivity index (χ0v) is 20.7. The molecule has 3 rings (SSSR count). The fourth-order valence-electron chi connectivity index (χ4n) is 3.28. The van der Waals surface area contributed by atoms with Gasteiger partial charge in [-0.05, 0) is 80.1 Å². The Labute approximate surface area is 199 Å². The van der Waals surface area contributed by atoms with Crippen molar-refractivity contribution in [2.45, 2.75) is 30.6 Å². The summed E-state index contributed by atoms with van der Waals surface area (Å²) in [5.41, 5.74) is 6.45. The molecule has 0 aromatic heterocycles. The smallest absolute Gasteiger partial charge is 0.264 e. The average Bonchev–Trinajstić information content (AvgIpc) is 2.77. The normalized spacial score (nSPS) is 11.5. The molecule has 0 unspecified atom stereocenters. The number of carbonyl (C=O) groups excluding carboxylic acids is 1. The maximum atomic E-state index is 13.5. The first-order valence-corrected chi connectivity index (χ1v) is 13.0. The molecular weight excluding hydrogens is 454 g/mol. The molecule has 0 spiro atoms. The molecule has 0 aliphatic heterocycles. The summed E-state index contributed by atoms with van der Waals surface area (Å²) in [6.45, 7) is 5.26. The Hall–Kier alpha value is -3.10. The number of rotatable bonds is 8. The molecule has 33 heavy (non-hydrogen) atoms. The van der Waals surface area contributed by atoms with E-state index < -0.39 is 22.5 Å². The molecule has 0 bridgehead atoms. The summed E-state index contributed by atoms with van der Waals surface area (Å²) in [4.78, 5) is 13.9. The Morgan fingerprint density at radius 1 is 0.939 bits per heavy atom. The van der Waals surface area contributed by atoms with Gasteiger partial charge in [-0.25, -0.2) is 13.8 Å². The van der Waals surface area contributed by atoms with Gasteiger partial charge in [-0.3, -0.25) is 9.10 Å². The molecule has 6 nitrogen and oxygen atoms in total. The predicted molar refractivity (Wildman–Crippen MR) is 136 cm³/mol. The molecule has 0 fully saturated rings. The topological polar surface area (TPSA) is 78.8 Å². The van der Waals surface area contributed by atoms with Crippen molar-refractivity contribution in [3.05, 3.63) is 89.0 Å². The van der Waals surface area contributed by atoms with Crippen molar-refractivity contribution in [1.29, 1.82) is 0 Å². The number of anilines is 1. The standard InChI is InChI=1S/C25H27N3O3S2/c1-18-5-11-24(12-6-18)33(30,31)28(22-14-19(2)13-20(3)15-22)17-25(29)27-26-16-21-7-9-23(32-4)10-8-21/h5-16H,17H2,1-4H3,(H,27,29)/b26-16-. The van der Waals surface area contributed by atoms with Gasteiger partial charge in [-0.2, -0.15) is 5.10 Å². The number of hydrogen-bond acceptors (Lipinski definition) is 5. The van der Waals surface area contributed by atoms with E-state index in [1.807, 2.05) is 57.4 Å². The summed E-state index contributed by atoms with van der Waals surface area (Å²) < 4.78 is 28.0. The van der Waals surface area contributed by atoms with Gasteiger partial charge in [-0.1, -0.05) is 35.9 Å². The molecule has 0 aliphatic carbocycles.